The SMILES string of the molecule is COCCN1C(=O)C(=O)/C(=C(/O)c2cc(OC)c(Cl)cc2OC)C1c1ccc(O)c(Cl)c1. The molecule has 10 heteroatoms. The number of halogens is 2. The fourth-order valence-corrected chi connectivity index (χ4v) is 3.95. The van der Waals surface area contributed by atoms with Gasteiger partial charge in [0.25, 0.3) is 11.7 Å². The molecule has 8 nitrogen and oxygen atoms in total. The van der Waals surface area contributed by atoms with Crippen LogP contribution in [0.3, 0.4) is 0 Å². The Labute approximate surface area is 194 Å². The zero-order chi connectivity index (χ0) is 23.6. The van der Waals surface area contributed by atoms with Crippen molar-refractivity contribution in [1.82, 2.24) is 4.90 Å². The molecular formula is C22H21Cl2NO7. The number of phenolic OH excluding ortho intramolecular Hbond substituents is 1. The fourth-order valence-electron chi connectivity index (χ4n) is 3.53. The number of nitrogens with zero attached hydrogens (tertiary/aromatic N) is 1. The van der Waals surface area contributed by atoms with Crippen LogP contribution in [-0.2, 0) is 14.3 Å². The zero-order valence-corrected chi connectivity index (χ0v) is 19.0. The number of benzene rings is 2. The summed E-state index contributed by atoms with van der Waals surface area (Å²) in [6.07, 6.45) is 0. The van der Waals surface area contributed by atoms with Crippen LogP contribution in [0.15, 0.2) is 35.9 Å². The van der Waals surface area contributed by atoms with Gasteiger partial charge >= 0.3 is 0 Å². The number of aromatic hydroxyl groups is 1. The molecule has 2 N–H and O–H groups in total. The molecule has 1 aliphatic rings. The minimum atomic E-state index is -0.977. The number of likely N-dealkylation sites (tertiary alicyclic amines) is 1. The second-order valence-electron chi connectivity index (χ2n) is 6.88. The highest BCUT2D eigenvalue weighted by atomic mass is 35.5. The summed E-state index contributed by atoms with van der Waals surface area (Å²) in [6.45, 7) is 0.246. The zero-order valence-electron chi connectivity index (χ0n) is 17.5. The van der Waals surface area contributed by atoms with Crippen LogP contribution in [0.25, 0.3) is 5.76 Å². The molecule has 1 saturated heterocycles. The summed E-state index contributed by atoms with van der Waals surface area (Å²) < 4.78 is 15.6. The minimum absolute atomic E-state index is 0.0329. The average Bonchev–Trinajstić information content (AvgIpc) is 3.03. The van der Waals surface area contributed by atoms with Gasteiger partial charge in [0.2, 0.25) is 0 Å². The summed E-state index contributed by atoms with van der Waals surface area (Å²) in [4.78, 5) is 27.1. The number of Topliss-reactive ketones (excluding diaryl/α,β-unsaturated/α-hetero) is 1. The molecule has 0 bridgehead atoms. The van der Waals surface area contributed by atoms with Gasteiger partial charge in [0.1, 0.15) is 23.0 Å². The molecule has 1 atom stereocenters. The molecule has 0 spiro atoms. The van der Waals surface area contributed by atoms with Gasteiger partial charge in [-0.3, -0.25) is 9.59 Å². The Bertz CT molecular complexity index is 1100. The molecule has 1 fully saturated rings. The molecular weight excluding hydrogens is 461 g/mol. The maximum absolute atomic E-state index is 13.0. The number of phenols is 1. The Hall–Kier alpha value is -2.94. The second kappa shape index (κ2) is 9.68. The first-order chi connectivity index (χ1) is 15.2. The summed E-state index contributed by atoms with van der Waals surface area (Å²) >= 11 is 12.2. The lowest BCUT2D eigenvalue weighted by atomic mass is 9.94. The van der Waals surface area contributed by atoms with Crippen LogP contribution in [0.4, 0.5) is 0 Å². The van der Waals surface area contributed by atoms with Crippen molar-refractivity contribution in [3.05, 3.63) is 57.1 Å². The Balaban J connectivity index is 2.27. The highest BCUT2D eigenvalue weighted by Crippen LogP contribution is 2.43. The molecule has 0 radical (unpaired) electrons. The number of rotatable bonds is 7. The first kappa shape index (κ1) is 23.7. The van der Waals surface area contributed by atoms with Crippen molar-refractivity contribution in [2.24, 2.45) is 0 Å². The molecule has 2 aromatic rings. The maximum Gasteiger partial charge on any atom is 0.295 e. The summed E-state index contributed by atoms with van der Waals surface area (Å²) in [5.74, 6) is -1.90. The lowest BCUT2D eigenvalue weighted by Crippen LogP contribution is -2.32. The molecule has 1 amide bonds. The number of hydrogen-bond donors (Lipinski definition) is 2. The van der Waals surface area contributed by atoms with Gasteiger partial charge < -0.3 is 29.3 Å². The number of ketones is 1. The third-order valence-electron chi connectivity index (χ3n) is 5.09. The number of methoxy groups -OCH3 is 3. The molecule has 0 aromatic heterocycles. The van der Waals surface area contributed by atoms with Crippen molar-refractivity contribution < 1.29 is 34.0 Å². The van der Waals surface area contributed by atoms with E-state index in [9.17, 15) is 19.8 Å². The van der Waals surface area contributed by atoms with E-state index >= 15 is 0 Å². The van der Waals surface area contributed by atoms with Crippen molar-refractivity contribution in [2.45, 2.75) is 6.04 Å². The van der Waals surface area contributed by atoms with E-state index in [2.05, 4.69) is 0 Å². The minimum Gasteiger partial charge on any atom is -0.507 e. The Morgan fingerprint density at radius 1 is 1.03 bits per heavy atom. The van der Waals surface area contributed by atoms with Gasteiger partial charge in [0.15, 0.2) is 0 Å². The normalized spacial score (nSPS) is 17.7. The number of hydrogen-bond acceptors (Lipinski definition) is 7. The number of aliphatic hydroxyl groups is 1. The number of carbonyl (C=O) groups is 2. The van der Waals surface area contributed by atoms with Gasteiger partial charge in [0.05, 0.1) is 48.1 Å². The maximum atomic E-state index is 13.0. The van der Waals surface area contributed by atoms with Gasteiger partial charge in [-0.05, 0) is 23.8 Å². The van der Waals surface area contributed by atoms with Gasteiger partial charge in [-0.1, -0.05) is 29.3 Å². The van der Waals surface area contributed by atoms with E-state index in [-0.39, 0.29) is 51.6 Å². The van der Waals surface area contributed by atoms with Crippen molar-refractivity contribution >= 4 is 40.7 Å². The molecule has 170 valence electrons. The van der Waals surface area contributed by atoms with Crippen molar-refractivity contribution in [2.75, 3.05) is 34.5 Å². The Morgan fingerprint density at radius 2 is 1.72 bits per heavy atom. The quantitative estimate of drug-likeness (QED) is 0.352. The molecule has 1 heterocycles. The number of carbonyl (C=O) groups excluding carboxylic acids is 2. The molecule has 0 aliphatic carbocycles. The van der Waals surface area contributed by atoms with Crippen LogP contribution in [0.1, 0.15) is 17.2 Å². The predicted octanol–water partition coefficient (Wildman–Crippen LogP) is 3.78. The fraction of sp³-hybridized carbons (Fsp3) is 0.273. The third-order valence-corrected chi connectivity index (χ3v) is 5.69. The lowest BCUT2D eigenvalue weighted by Gasteiger charge is -2.25. The Kier molecular flexibility index (Phi) is 7.18. The first-order valence-corrected chi connectivity index (χ1v) is 10.2. The standard InChI is InChI=1S/C22H21Cl2NO7/c1-30-7-6-25-19(11-4-5-15(26)13(23)8-11)18(21(28)22(25)29)20(27)12-9-17(32-3)14(24)10-16(12)31-2/h4-5,8-10,19,26-27H,6-7H2,1-3H3/b20-18+. The predicted molar refractivity (Wildman–Crippen MR) is 119 cm³/mol. The number of aliphatic hydroxyl groups excluding tert-OH is 1. The van der Waals surface area contributed by atoms with Gasteiger partial charge in [0, 0.05) is 19.7 Å². The van der Waals surface area contributed by atoms with Crippen LogP contribution < -0.4 is 9.47 Å². The van der Waals surface area contributed by atoms with E-state index in [1.165, 1.54) is 56.6 Å². The van der Waals surface area contributed by atoms with Gasteiger partial charge in [-0.15, -0.1) is 0 Å². The van der Waals surface area contributed by atoms with Crippen molar-refractivity contribution in [3.63, 3.8) is 0 Å². The largest absolute Gasteiger partial charge is 0.507 e. The average molecular weight is 482 g/mol. The molecule has 2 aromatic carbocycles. The number of ether oxygens (including phenoxy) is 3. The Morgan fingerprint density at radius 3 is 2.31 bits per heavy atom. The van der Waals surface area contributed by atoms with Crippen LogP contribution in [0.5, 0.6) is 17.2 Å². The third kappa shape index (κ3) is 4.21. The molecule has 1 aliphatic heterocycles. The highest BCUT2D eigenvalue weighted by Gasteiger charge is 2.46. The van der Waals surface area contributed by atoms with E-state index in [4.69, 9.17) is 37.4 Å². The van der Waals surface area contributed by atoms with Gasteiger partial charge in [-0.25, -0.2) is 0 Å². The summed E-state index contributed by atoms with van der Waals surface area (Å²) in [5, 5.41) is 21.3. The van der Waals surface area contributed by atoms with E-state index in [1.807, 2.05) is 0 Å². The van der Waals surface area contributed by atoms with Gasteiger partial charge in [-0.2, -0.15) is 0 Å². The monoisotopic (exact) mass is 481 g/mol. The second-order valence-corrected chi connectivity index (χ2v) is 7.70. The molecule has 0 saturated carbocycles. The van der Waals surface area contributed by atoms with E-state index < -0.39 is 23.5 Å². The van der Waals surface area contributed by atoms with Crippen LogP contribution in [-0.4, -0.2) is 61.3 Å². The molecule has 3 rings (SSSR count). The summed E-state index contributed by atoms with van der Waals surface area (Å²) in [5.41, 5.74) is 0.369. The van der Waals surface area contributed by atoms with Crippen LogP contribution in [0, 0.1) is 0 Å². The molecule has 32 heavy (non-hydrogen) atoms. The summed E-state index contributed by atoms with van der Waals surface area (Å²) in [6, 6.07) is 6.17. The van der Waals surface area contributed by atoms with Crippen LogP contribution in [0.2, 0.25) is 10.0 Å². The van der Waals surface area contributed by atoms with E-state index in [0.29, 0.717) is 5.56 Å². The topological polar surface area (TPSA) is 106 Å². The smallest absolute Gasteiger partial charge is 0.295 e. The van der Waals surface area contributed by atoms with Crippen molar-refractivity contribution in [3.8, 4) is 17.2 Å². The highest BCUT2D eigenvalue weighted by molar-refractivity contribution is 6.46. The lowest BCUT2D eigenvalue weighted by molar-refractivity contribution is -0.140. The van der Waals surface area contributed by atoms with Crippen LogP contribution >= 0.6 is 23.2 Å². The number of amides is 1. The van der Waals surface area contributed by atoms with E-state index in [0.717, 1.165) is 0 Å². The van der Waals surface area contributed by atoms with E-state index in [1.54, 1.807) is 0 Å². The van der Waals surface area contributed by atoms with Crippen molar-refractivity contribution in [1.29, 1.82) is 0 Å². The molecule has 1 unspecified atom stereocenters. The summed E-state index contributed by atoms with van der Waals surface area (Å²) in [7, 11) is 4.25. The first-order valence-electron chi connectivity index (χ1n) is 9.42.